The third-order valence-electron chi connectivity index (χ3n) is 7.62. The Hall–Kier alpha value is -5.41. The van der Waals surface area contributed by atoms with Crippen molar-refractivity contribution in [2.75, 3.05) is 55.9 Å². The Balaban J connectivity index is 1.39. The number of alkyl halides is 3. The van der Waals surface area contributed by atoms with Crippen LogP contribution in [0, 0.1) is 6.92 Å². The summed E-state index contributed by atoms with van der Waals surface area (Å²) in [5.74, 6) is -0.427. The molecule has 0 aliphatic carbocycles. The summed E-state index contributed by atoms with van der Waals surface area (Å²) < 4.78 is 53.0. The van der Waals surface area contributed by atoms with Gasteiger partial charge in [0.25, 0.3) is 5.91 Å². The summed E-state index contributed by atoms with van der Waals surface area (Å²) in [5.41, 5.74) is -0.223. The number of nitrogens with zero attached hydrogens (tertiary/aromatic N) is 4. The number of piperazine rings is 1. The average molecular weight is 666 g/mol. The van der Waals surface area contributed by atoms with Crippen molar-refractivity contribution in [1.82, 2.24) is 20.2 Å². The van der Waals surface area contributed by atoms with Crippen molar-refractivity contribution < 1.29 is 37.3 Å². The lowest BCUT2D eigenvalue weighted by Crippen LogP contribution is -2.43. The number of benzene rings is 3. The zero-order valence-electron chi connectivity index (χ0n) is 26.4. The van der Waals surface area contributed by atoms with Gasteiger partial charge in [0.2, 0.25) is 5.95 Å². The minimum Gasteiger partial charge on any atom is -0.506 e. The molecule has 2 amide bonds. The van der Waals surface area contributed by atoms with E-state index in [1.54, 1.807) is 14.0 Å². The van der Waals surface area contributed by atoms with Crippen molar-refractivity contribution in [3.63, 3.8) is 0 Å². The van der Waals surface area contributed by atoms with Crippen LogP contribution in [0.4, 0.5) is 41.1 Å². The van der Waals surface area contributed by atoms with Gasteiger partial charge < -0.3 is 30.5 Å². The molecule has 0 atom stereocenters. The van der Waals surface area contributed by atoms with Crippen LogP contribution in [-0.2, 0) is 12.7 Å². The molecule has 1 fully saturated rings. The summed E-state index contributed by atoms with van der Waals surface area (Å²) >= 11 is 0. The molecule has 1 saturated heterocycles. The molecule has 12 nitrogen and oxygen atoms in total. The van der Waals surface area contributed by atoms with Crippen molar-refractivity contribution in [3.8, 4) is 17.2 Å². The molecule has 1 aliphatic rings. The zero-order chi connectivity index (χ0) is 34.4. The number of carbonyl (C=O) groups excluding carboxylic acids is 2. The summed E-state index contributed by atoms with van der Waals surface area (Å²) in [5, 5.41) is 19.2. The number of nitrogens with one attached hydrogen (secondary N) is 3. The largest absolute Gasteiger partial charge is 0.506 e. The van der Waals surface area contributed by atoms with Crippen molar-refractivity contribution in [2.45, 2.75) is 19.6 Å². The van der Waals surface area contributed by atoms with Crippen molar-refractivity contribution >= 4 is 35.1 Å². The lowest BCUT2D eigenvalue weighted by Gasteiger charge is -2.28. The molecular formula is C33H34F3N7O5. The molecule has 252 valence electrons. The van der Waals surface area contributed by atoms with Gasteiger partial charge in [-0.25, -0.2) is 14.7 Å². The summed E-state index contributed by atoms with van der Waals surface area (Å²) in [6.45, 7) is 4.44. The number of ether oxygens (including phenoxy) is 2. The van der Waals surface area contributed by atoms with Crippen LogP contribution in [0.1, 0.15) is 27.0 Å². The van der Waals surface area contributed by atoms with Gasteiger partial charge in [0.15, 0.2) is 0 Å². The van der Waals surface area contributed by atoms with Crippen molar-refractivity contribution in [3.05, 3.63) is 89.1 Å². The first-order valence-corrected chi connectivity index (χ1v) is 14.9. The van der Waals surface area contributed by atoms with E-state index in [0.29, 0.717) is 37.5 Å². The van der Waals surface area contributed by atoms with E-state index in [4.69, 9.17) is 9.47 Å². The van der Waals surface area contributed by atoms with Crippen LogP contribution in [0.5, 0.6) is 17.2 Å². The van der Waals surface area contributed by atoms with E-state index in [2.05, 4.69) is 25.9 Å². The molecule has 0 radical (unpaired) electrons. The normalized spacial score (nSPS) is 13.5. The van der Waals surface area contributed by atoms with Gasteiger partial charge in [-0.15, -0.1) is 0 Å². The van der Waals surface area contributed by atoms with Gasteiger partial charge >= 0.3 is 12.3 Å². The lowest BCUT2D eigenvalue weighted by atomic mass is 10.0. The maximum Gasteiger partial charge on any atom is 0.425 e. The molecule has 0 saturated carbocycles. The highest BCUT2D eigenvalue weighted by Crippen LogP contribution is 2.37. The van der Waals surface area contributed by atoms with Gasteiger partial charge in [-0.05, 0) is 54.4 Å². The quantitative estimate of drug-likeness (QED) is 0.180. The number of aromatic hydroxyl groups is 1. The average Bonchev–Trinajstić information content (AvgIpc) is 3.07. The molecular weight excluding hydrogens is 631 g/mol. The number of aryl methyl sites for hydroxylation is 1. The number of halogens is 3. The van der Waals surface area contributed by atoms with E-state index in [9.17, 15) is 27.9 Å². The monoisotopic (exact) mass is 665 g/mol. The second-order valence-corrected chi connectivity index (χ2v) is 10.9. The molecule has 4 aromatic rings. The van der Waals surface area contributed by atoms with Crippen LogP contribution in [-0.4, -0.2) is 72.3 Å². The van der Waals surface area contributed by atoms with E-state index < -0.39 is 23.7 Å². The first-order chi connectivity index (χ1) is 23.0. The van der Waals surface area contributed by atoms with Crippen LogP contribution in [0.3, 0.4) is 0 Å². The Kier molecular flexibility index (Phi) is 10.3. The van der Waals surface area contributed by atoms with Crippen LogP contribution in [0.2, 0.25) is 0 Å². The summed E-state index contributed by atoms with van der Waals surface area (Å²) in [7, 11) is 3.02. The molecule has 0 bridgehead atoms. The van der Waals surface area contributed by atoms with Crippen LogP contribution < -0.4 is 30.3 Å². The van der Waals surface area contributed by atoms with Gasteiger partial charge in [0, 0.05) is 69.4 Å². The van der Waals surface area contributed by atoms with Gasteiger partial charge in [0.05, 0.1) is 18.4 Å². The van der Waals surface area contributed by atoms with E-state index in [0.717, 1.165) is 11.0 Å². The number of phenolic OH excluding ortho intramolecular Hbond substituents is 1. The smallest absolute Gasteiger partial charge is 0.425 e. The van der Waals surface area contributed by atoms with Crippen LogP contribution >= 0.6 is 0 Å². The molecule has 4 N–H and O–H groups in total. The predicted octanol–water partition coefficient (Wildman–Crippen LogP) is 5.55. The van der Waals surface area contributed by atoms with Crippen LogP contribution in [0.15, 0.2) is 66.9 Å². The van der Waals surface area contributed by atoms with E-state index in [1.807, 2.05) is 4.90 Å². The first-order valence-electron chi connectivity index (χ1n) is 14.9. The number of hydrogen-bond acceptors (Lipinski definition) is 10. The SMILES string of the molecule is CNc1nccc(N(C(=O)Oc2cc(C(=O)Nc3ccc(CN4CCNCC4)c(C(F)(F)F)c3)ccc2C)c2ccc(OC)cc2O)n1. The van der Waals surface area contributed by atoms with Gasteiger partial charge in [-0.1, -0.05) is 12.1 Å². The number of methoxy groups -OCH3 is 1. The minimum atomic E-state index is -4.63. The highest BCUT2D eigenvalue weighted by Gasteiger charge is 2.34. The summed E-state index contributed by atoms with van der Waals surface area (Å²) in [6.07, 6.45) is -4.20. The van der Waals surface area contributed by atoms with Gasteiger partial charge in [0.1, 0.15) is 23.1 Å². The predicted molar refractivity (Wildman–Crippen MR) is 173 cm³/mol. The second kappa shape index (κ2) is 14.6. The standard InChI is InChI=1S/C33H34F3N7O5/c1-20-4-5-21(30(45)40-23-7-6-22(25(17-23)33(34,35)36)19-42-14-12-38-13-15-42)16-28(20)48-32(46)43(29-10-11-39-31(37-2)41-29)26-9-8-24(47-3)18-27(26)44/h4-11,16-18,38,44H,12-15,19H2,1-3H3,(H,40,45)(H,37,39,41). The fourth-order valence-corrected chi connectivity index (χ4v) is 5.09. The fourth-order valence-electron chi connectivity index (χ4n) is 5.09. The van der Waals surface area contributed by atoms with E-state index in [1.165, 1.54) is 67.9 Å². The Morgan fingerprint density at radius 1 is 1.06 bits per heavy atom. The number of aromatic nitrogens is 2. The van der Waals surface area contributed by atoms with E-state index in [-0.39, 0.29) is 52.3 Å². The number of rotatable bonds is 9. The Bertz CT molecular complexity index is 1800. The Morgan fingerprint density at radius 3 is 2.52 bits per heavy atom. The molecule has 48 heavy (non-hydrogen) atoms. The lowest BCUT2D eigenvalue weighted by molar-refractivity contribution is -0.138. The summed E-state index contributed by atoms with van der Waals surface area (Å²) in [4.78, 5) is 38.3. The molecule has 1 aliphatic heterocycles. The molecule has 15 heteroatoms. The number of amides is 2. The minimum absolute atomic E-state index is 0.00380. The maximum atomic E-state index is 14.0. The first kappa shape index (κ1) is 33.9. The maximum absolute atomic E-state index is 14.0. The molecule has 2 heterocycles. The topological polar surface area (TPSA) is 141 Å². The third-order valence-corrected chi connectivity index (χ3v) is 7.62. The number of anilines is 4. The van der Waals surface area contributed by atoms with Crippen molar-refractivity contribution in [2.24, 2.45) is 0 Å². The summed E-state index contributed by atoms with van der Waals surface area (Å²) in [6, 6.07) is 13.8. The van der Waals surface area contributed by atoms with Crippen molar-refractivity contribution in [1.29, 1.82) is 0 Å². The fraction of sp³-hybridized carbons (Fsp3) is 0.273. The molecule has 0 unspecified atom stereocenters. The Labute approximate surface area is 274 Å². The zero-order valence-corrected chi connectivity index (χ0v) is 26.4. The van der Waals surface area contributed by atoms with Crippen LogP contribution in [0.25, 0.3) is 0 Å². The number of hydrogen-bond donors (Lipinski definition) is 4. The van der Waals surface area contributed by atoms with Gasteiger partial charge in [-0.2, -0.15) is 18.2 Å². The molecule has 3 aromatic carbocycles. The number of carbonyl (C=O) groups is 2. The molecule has 1 aromatic heterocycles. The second-order valence-electron chi connectivity index (χ2n) is 10.9. The number of phenols is 1. The van der Waals surface area contributed by atoms with Gasteiger partial charge in [-0.3, -0.25) is 9.69 Å². The third kappa shape index (κ3) is 7.93. The van der Waals surface area contributed by atoms with E-state index >= 15 is 0 Å². The molecule has 0 spiro atoms. The highest BCUT2D eigenvalue weighted by atomic mass is 19.4. The molecule has 5 rings (SSSR count). The highest BCUT2D eigenvalue weighted by molar-refractivity contribution is 6.05. The Morgan fingerprint density at radius 2 is 1.83 bits per heavy atom.